The maximum absolute atomic E-state index is 13.7. The Labute approximate surface area is 250 Å². The van der Waals surface area contributed by atoms with E-state index in [1.165, 1.54) is 33.6 Å². The van der Waals surface area contributed by atoms with Gasteiger partial charge in [-0.05, 0) is 55.7 Å². The van der Waals surface area contributed by atoms with Gasteiger partial charge in [-0.1, -0.05) is 71.1 Å². The summed E-state index contributed by atoms with van der Waals surface area (Å²) in [5.41, 5.74) is 5.28. The van der Waals surface area contributed by atoms with Crippen molar-refractivity contribution in [3.63, 3.8) is 0 Å². The Morgan fingerprint density at radius 3 is 2.57 bits per heavy atom. The molecule has 0 bridgehead atoms. The Morgan fingerprint density at radius 2 is 1.83 bits per heavy atom. The van der Waals surface area contributed by atoms with Gasteiger partial charge in [-0.3, -0.25) is 14.5 Å². The molecule has 1 aliphatic heterocycles. The third-order valence-corrected chi connectivity index (χ3v) is 9.37. The van der Waals surface area contributed by atoms with Crippen LogP contribution in [0, 0.1) is 20.8 Å². The van der Waals surface area contributed by atoms with Crippen LogP contribution in [0.1, 0.15) is 39.7 Å². The molecule has 6 rings (SSSR count). The van der Waals surface area contributed by atoms with Gasteiger partial charge in [0, 0.05) is 11.9 Å². The number of nitrogens with zero attached hydrogens (tertiary/aromatic N) is 5. The summed E-state index contributed by atoms with van der Waals surface area (Å²) in [6.07, 6.45) is 1.84. The molecule has 1 amide bonds. The number of carbonyl (C=O) groups is 2. The molecular weight excluding hydrogens is 571 g/mol. The number of Topliss-reactive ketones (excluding diaryl/α,β-unsaturated/α-hetero) is 1. The number of methoxy groups -OCH3 is 1. The molecule has 0 spiro atoms. The van der Waals surface area contributed by atoms with Crippen molar-refractivity contribution < 1.29 is 19.4 Å². The number of imidazole rings is 1. The molecule has 4 heterocycles. The fraction of sp³-hybridized carbons (Fsp3) is 0.194. The monoisotopic (exact) mass is 597 g/mol. The average molecular weight is 598 g/mol. The number of ether oxygens (including phenoxy) is 1. The number of fused-ring (bicyclic) bond motifs is 1. The number of aromatic nitrogens is 4. The lowest BCUT2D eigenvalue weighted by molar-refractivity contribution is -0.132. The highest BCUT2D eigenvalue weighted by Crippen LogP contribution is 2.44. The molecule has 3 aromatic heterocycles. The number of ketones is 1. The van der Waals surface area contributed by atoms with Crippen molar-refractivity contribution in [2.24, 2.45) is 0 Å². The molecule has 2 aromatic carbocycles. The second-order valence-corrected chi connectivity index (χ2v) is 12.2. The predicted octanol–water partition coefficient (Wildman–Crippen LogP) is 6.04. The van der Waals surface area contributed by atoms with Crippen LogP contribution in [0.4, 0.5) is 5.13 Å². The Balaban J connectivity index is 1.44. The molecule has 0 saturated carbocycles. The van der Waals surface area contributed by atoms with E-state index in [2.05, 4.69) is 39.4 Å². The molecule has 1 saturated heterocycles. The zero-order valence-electron chi connectivity index (χ0n) is 23.4. The molecule has 1 N–H and O–H groups in total. The lowest BCUT2D eigenvalue weighted by Crippen LogP contribution is -2.29. The third kappa shape index (κ3) is 4.84. The van der Waals surface area contributed by atoms with E-state index in [4.69, 9.17) is 4.74 Å². The van der Waals surface area contributed by atoms with Gasteiger partial charge >= 0.3 is 5.91 Å². The predicted molar refractivity (Wildman–Crippen MR) is 163 cm³/mol. The van der Waals surface area contributed by atoms with Crippen LogP contribution in [-0.2, 0) is 15.3 Å². The summed E-state index contributed by atoms with van der Waals surface area (Å²) in [4.78, 5) is 33.3. The lowest BCUT2D eigenvalue weighted by atomic mass is 9.96. The van der Waals surface area contributed by atoms with Crippen LogP contribution in [0.5, 0.6) is 5.75 Å². The van der Waals surface area contributed by atoms with Gasteiger partial charge in [0.15, 0.2) is 10.1 Å². The second kappa shape index (κ2) is 11.1. The number of anilines is 1. The van der Waals surface area contributed by atoms with Crippen LogP contribution in [0.15, 0.2) is 76.8 Å². The number of aryl methyl sites for hydroxylation is 3. The Kier molecular flexibility index (Phi) is 7.29. The van der Waals surface area contributed by atoms with Crippen molar-refractivity contribution in [1.82, 2.24) is 19.6 Å². The molecule has 5 aromatic rings. The first-order valence-corrected chi connectivity index (χ1v) is 15.0. The number of hydrogen-bond acceptors (Lipinski definition) is 9. The second-order valence-electron chi connectivity index (χ2n) is 10.0. The van der Waals surface area contributed by atoms with Gasteiger partial charge in [0.05, 0.1) is 24.4 Å². The molecule has 1 atom stereocenters. The highest BCUT2D eigenvalue weighted by Gasteiger charge is 2.49. The number of hydrogen-bond donors (Lipinski definition) is 1. The first-order chi connectivity index (χ1) is 20.3. The molecular formula is C31H27N5O4S2. The van der Waals surface area contributed by atoms with Gasteiger partial charge in [0.2, 0.25) is 5.13 Å². The van der Waals surface area contributed by atoms with Crippen LogP contribution in [0.25, 0.3) is 11.4 Å². The summed E-state index contributed by atoms with van der Waals surface area (Å²) in [6.45, 7) is 5.77. The lowest BCUT2D eigenvalue weighted by Gasteiger charge is -2.22. The van der Waals surface area contributed by atoms with Crippen molar-refractivity contribution in [1.29, 1.82) is 0 Å². The number of carbonyl (C=O) groups excluding carboxylic acids is 2. The summed E-state index contributed by atoms with van der Waals surface area (Å²) in [7, 11) is 1.54. The van der Waals surface area contributed by atoms with Crippen molar-refractivity contribution >= 4 is 51.3 Å². The SMILES string of the molecule is COc1cccc(C2/C(=C(\O)c3nc4c(C)cccn4c3C)C(=O)C(=O)N2c2nnc(SCc3ccc(C)cc3)s2)c1. The molecule has 9 nitrogen and oxygen atoms in total. The minimum Gasteiger partial charge on any atom is -0.505 e. The van der Waals surface area contributed by atoms with Gasteiger partial charge in [-0.2, -0.15) is 0 Å². The van der Waals surface area contributed by atoms with Gasteiger partial charge in [-0.15, -0.1) is 10.2 Å². The average Bonchev–Trinajstić information content (AvgIpc) is 3.68. The smallest absolute Gasteiger partial charge is 0.301 e. The standard InChI is InChI=1S/C31H27N5O4S2/c1-17-10-12-20(13-11-17)16-41-31-34-33-30(42-31)36-25(21-8-5-9-22(15-21)40-4)23(27(38)29(36)39)26(37)24-19(3)35-14-6-7-18(2)28(35)32-24/h5-15,25,37H,16H2,1-4H3/b26-23+. The van der Waals surface area contributed by atoms with E-state index in [1.807, 2.05) is 43.5 Å². The van der Waals surface area contributed by atoms with Gasteiger partial charge in [0.25, 0.3) is 5.78 Å². The zero-order valence-corrected chi connectivity index (χ0v) is 25.0. The molecule has 0 radical (unpaired) electrons. The third-order valence-electron chi connectivity index (χ3n) is 7.25. The van der Waals surface area contributed by atoms with Crippen LogP contribution in [-0.4, -0.2) is 43.5 Å². The van der Waals surface area contributed by atoms with Crippen LogP contribution >= 0.6 is 23.1 Å². The Hall–Kier alpha value is -4.48. The molecule has 1 aliphatic rings. The number of amides is 1. The normalized spacial score (nSPS) is 16.5. The molecule has 1 fully saturated rings. The Morgan fingerprint density at radius 1 is 1.05 bits per heavy atom. The van der Waals surface area contributed by atoms with Crippen LogP contribution in [0.3, 0.4) is 0 Å². The number of aliphatic hydroxyl groups is 1. The summed E-state index contributed by atoms with van der Waals surface area (Å²) in [5, 5.41) is 20.5. The molecule has 0 aliphatic carbocycles. The van der Waals surface area contributed by atoms with E-state index in [0.29, 0.717) is 32.7 Å². The van der Waals surface area contributed by atoms with Crippen molar-refractivity contribution in [3.8, 4) is 5.75 Å². The number of benzene rings is 2. The quantitative estimate of drug-likeness (QED) is 0.0795. The van der Waals surface area contributed by atoms with Crippen LogP contribution < -0.4 is 9.64 Å². The minimum atomic E-state index is -0.965. The molecule has 42 heavy (non-hydrogen) atoms. The van der Waals surface area contributed by atoms with E-state index in [1.54, 1.807) is 31.4 Å². The van der Waals surface area contributed by atoms with Crippen LogP contribution in [0.2, 0.25) is 0 Å². The summed E-state index contributed by atoms with van der Waals surface area (Å²) < 4.78 is 7.94. The molecule has 212 valence electrons. The van der Waals surface area contributed by atoms with E-state index in [0.717, 1.165) is 11.1 Å². The van der Waals surface area contributed by atoms with E-state index in [-0.39, 0.29) is 22.2 Å². The van der Waals surface area contributed by atoms with Crippen molar-refractivity contribution in [3.05, 3.63) is 106 Å². The highest BCUT2D eigenvalue weighted by molar-refractivity contribution is 8.00. The van der Waals surface area contributed by atoms with Gasteiger partial charge in [-0.25, -0.2) is 4.98 Å². The summed E-state index contributed by atoms with van der Waals surface area (Å²) in [5.74, 6) is -0.739. The highest BCUT2D eigenvalue weighted by atomic mass is 32.2. The maximum Gasteiger partial charge on any atom is 0.301 e. The van der Waals surface area contributed by atoms with E-state index < -0.39 is 17.7 Å². The number of pyridine rings is 1. The maximum atomic E-state index is 13.7. The van der Waals surface area contributed by atoms with Crippen molar-refractivity contribution in [2.45, 2.75) is 36.9 Å². The fourth-order valence-corrected chi connectivity index (χ4v) is 6.84. The largest absolute Gasteiger partial charge is 0.505 e. The minimum absolute atomic E-state index is 0.0681. The Bertz CT molecular complexity index is 1880. The van der Waals surface area contributed by atoms with E-state index >= 15 is 0 Å². The first kappa shape index (κ1) is 27.7. The fourth-order valence-electron chi connectivity index (χ4n) is 5.02. The van der Waals surface area contributed by atoms with Gasteiger partial charge in [0.1, 0.15) is 17.1 Å². The summed E-state index contributed by atoms with van der Waals surface area (Å²) in [6, 6.07) is 18.2. The topological polar surface area (TPSA) is 110 Å². The molecule has 1 unspecified atom stereocenters. The summed E-state index contributed by atoms with van der Waals surface area (Å²) >= 11 is 2.73. The van der Waals surface area contributed by atoms with E-state index in [9.17, 15) is 14.7 Å². The number of thioether (sulfide) groups is 1. The zero-order chi connectivity index (χ0) is 29.5. The number of aliphatic hydroxyl groups excluding tert-OH is 1. The van der Waals surface area contributed by atoms with Gasteiger partial charge < -0.3 is 14.2 Å². The first-order valence-electron chi connectivity index (χ1n) is 13.2. The van der Waals surface area contributed by atoms with Crippen molar-refractivity contribution in [2.75, 3.05) is 12.0 Å². The number of rotatable bonds is 7. The molecule has 11 heteroatoms.